The molecule has 0 aromatic heterocycles. The molecule has 1 heterocycles. The van der Waals surface area contributed by atoms with Crippen LogP contribution >= 0.6 is 31.9 Å². The molecule has 0 spiro atoms. The minimum atomic E-state index is 0.0105. The maximum Gasteiger partial charge on any atom is 0.255 e. The highest BCUT2D eigenvalue weighted by atomic mass is 79.9. The number of halogens is 2. The summed E-state index contributed by atoms with van der Waals surface area (Å²) in [6.07, 6.45) is 4.58. The van der Waals surface area contributed by atoms with Gasteiger partial charge in [0.1, 0.15) is 5.78 Å². The molecule has 1 aliphatic rings. The van der Waals surface area contributed by atoms with Crippen molar-refractivity contribution in [2.75, 3.05) is 6.54 Å². The second kappa shape index (κ2) is 7.54. The fraction of sp³-hybridized carbons (Fsp3) is 0.500. The van der Waals surface area contributed by atoms with Gasteiger partial charge < -0.3 is 4.90 Å². The molecule has 0 saturated carbocycles. The van der Waals surface area contributed by atoms with Crippen LogP contribution in [0.4, 0.5) is 0 Å². The zero-order valence-electron chi connectivity index (χ0n) is 12.1. The van der Waals surface area contributed by atoms with Gasteiger partial charge in [-0.05, 0) is 53.9 Å². The van der Waals surface area contributed by atoms with E-state index in [0.29, 0.717) is 12.0 Å². The summed E-state index contributed by atoms with van der Waals surface area (Å²) in [5, 5.41) is 0. The Balaban J connectivity index is 2.28. The molecule has 1 aromatic rings. The monoisotopic (exact) mass is 415 g/mol. The smallest absolute Gasteiger partial charge is 0.255 e. The lowest BCUT2D eigenvalue weighted by Gasteiger charge is -2.30. The van der Waals surface area contributed by atoms with Crippen LogP contribution in [0.2, 0.25) is 0 Å². The van der Waals surface area contributed by atoms with E-state index in [1.807, 2.05) is 23.1 Å². The molecule has 2 rings (SSSR count). The van der Waals surface area contributed by atoms with Gasteiger partial charge in [-0.3, -0.25) is 9.59 Å². The Kier molecular flexibility index (Phi) is 5.99. The van der Waals surface area contributed by atoms with E-state index in [1.54, 1.807) is 6.92 Å². The number of hydrogen-bond acceptors (Lipinski definition) is 2. The number of hydrogen-bond donors (Lipinski definition) is 0. The number of amides is 1. The number of carbonyl (C=O) groups excluding carboxylic acids is 2. The van der Waals surface area contributed by atoms with Crippen molar-refractivity contribution in [3.05, 3.63) is 32.7 Å². The van der Waals surface area contributed by atoms with Gasteiger partial charge in [0.2, 0.25) is 0 Å². The van der Waals surface area contributed by atoms with Gasteiger partial charge in [0.25, 0.3) is 5.91 Å². The SMILES string of the molecule is CC(=O)CC1CCCCCN1C(=O)c1cc(Br)ccc1Br. The van der Waals surface area contributed by atoms with E-state index in [2.05, 4.69) is 31.9 Å². The maximum atomic E-state index is 12.9. The first-order valence-electron chi connectivity index (χ1n) is 7.24. The lowest BCUT2D eigenvalue weighted by molar-refractivity contribution is -0.118. The summed E-state index contributed by atoms with van der Waals surface area (Å²) in [5.41, 5.74) is 0.653. The van der Waals surface area contributed by atoms with Crippen molar-refractivity contribution in [1.82, 2.24) is 4.90 Å². The first-order chi connectivity index (χ1) is 9.99. The fourth-order valence-electron chi connectivity index (χ4n) is 2.80. The lowest BCUT2D eigenvalue weighted by Crippen LogP contribution is -2.41. The second-order valence-electron chi connectivity index (χ2n) is 5.53. The number of Topliss-reactive ketones (excluding diaryl/α,β-unsaturated/α-hetero) is 1. The molecular weight excluding hydrogens is 398 g/mol. The first-order valence-corrected chi connectivity index (χ1v) is 8.83. The van der Waals surface area contributed by atoms with Crippen LogP contribution in [0.15, 0.2) is 27.1 Å². The van der Waals surface area contributed by atoms with Crippen LogP contribution in [0.3, 0.4) is 0 Å². The van der Waals surface area contributed by atoms with E-state index >= 15 is 0 Å². The summed E-state index contributed by atoms with van der Waals surface area (Å²) in [5.74, 6) is 0.157. The Morgan fingerprint density at radius 1 is 1.24 bits per heavy atom. The Labute approximate surface area is 142 Å². The third-order valence-corrected chi connectivity index (χ3v) is 5.00. The van der Waals surface area contributed by atoms with Crippen molar-refractivity contribution < 1.29 is 9.59 Å². The topological polar surface area (TPSA) is 37.4 Å². The van der Waals surface area contributed by atoms with Crippen molar-refractivity contribution in [1.29, 1.82) is 0 Å². The quantitative estimate of drug-likeness (QED) is 0.723. The van der Waals surface area contributed by atoms with Gasteiger partial charge in [-0.2, -0.15) is 0 Å². The Bertz CT molecular complexity index is 545. The number of benzene rings is 1. The van der Waals surface area contributed by atoms with Crippen molar-refractivity contribution in [2.45, 2.75) is 45.1 Å². The Hall–Kier alpha value is -0.680. The number of nitrogens with zero attached hydrogens (tertiary/aromatic N) is 1. The minimum absolute atomic E-state index is 0.0105. The Morgan fingerprint density at radius 3 is 2.71 bits per heavy atom. The van der Waals surface area contributed by atoms with Gasteiger partial charge in [-0.15, -0.1) is 0 Å². The molecule has 0 aliphatic carbocycles. The molecule has 0 radical (unpaired) electrons. The van der Waals surface area contributed by atoms with Crippen LogP contribution in [-0.4, -0.2) is 29.2 Å². The van der Waals surface area contributed by atoms with Gasteiger partial charge >= 0.3 is 0 Å². The van der Waals surface area contributed by atoms with E-state index < -0.39 is 0 Å². The van der Waals surface area contributed by atoms with Crippen molar-refractivity contribution in [3.63, 3.8) is 0 Å². The van der Waals surface area contributed by atoms with Crippen LogP contribution in [-0.2, 0) is 4.79 Å². The summed E-state index contributed by atoms with van der Waals surface area (Å²) >= 11 is 6.87. The average Bonchev–Trinajstić information content (AvgIpc) is 2.65. The zero-order chi connectivity index (χ0) is 15.4. The van der Waals surface area contributed by atoms with Crippen LogP contribution < -0.4 is 0 Å². The molecule has 0 bridgehead atoms. The van der Waals surface area contributed by atoms with Crippen molar-refractivity contribution in [2.24, 2.45) is 0 Å². The van der Waals surface area contributed by atoms with Crippen molar-refractivity contribution >= 4 is 43.6 Å². The molecule has 1 atom stereocenters. The molecule has 21 heavy (non-hydrogen) atoms. The Morgan fingerprint density at radius 2 is 2.00 bits per heavy atom. The second-order valence-corrected chi connectivity index (χ2v) is 7.30. The predicted octanol–water partition coefficient (Wildman–Crippen LogP) is 4.58. The van der Waals surface area contributed by atoms with E-state index in [9.17, 15) is 9.59 Å². The summed E-state index contributed by atoms with van der Waals surface area (Å²) in [6.45, 7) is 2.33. The van der Waals surface area contributed by atoms with Crippen molar-refractivity contribution in [3.8, 4) is 0 Å². The first kappa shape index (κ1) is 16.7. The summed E-state index contributed by atoms with van der Waals surface area (Å²) < 4.78 is 1.67. The molecule has 1 aliphatic heterocycles. The van der Waals surface area contributed by atoms with Gasteiger partial charge in [0.05, 0.1) is 5.56 Å². The normalized spacial score (nSPS) is 19.2. The molecule has 1 aromatic carbocycles. The molecule has 114 valence electrons. The fourth-order valence-corrected chi connectivity index (χ4v) is 3.58. The zero-order valence-corrected chi connectivity index (χ0v) is 15.2. The van der Waals surface area contributed by atoms with Crippen LogP contribution in [0.1, 0.15) is 49.4 Å². The third kappa shape index (κ3) is 4.39. The minimum Gasteiger partial charge on any atom is -0.335 e. The lowest BCUT2D eigenvalue weighted by atomic mass is 10.0. The van der Waals surface area contributed by atoms with Gasteiger partial charge in [0, 0.05) is 28.0 Å². The molecule has 1 fully saturated rings. The molecule has 1 saturated heterocycles. The number of ketones is 1. The van der Waals surface area contributed by atoms with Crippen LogP contribution in [0, 0.1) is 0 Å². The van der Waals surface area contributed by atoms with E-state index in [0.717, 1.165) is 41.2 Å². The van der Waals surface area contributed by atoms with Crippen LogP contribution in [0.25, 0.3) is 0 Å². The van der Waals surface area contributed by atoms with Gasteiger partial charge in [-0.1, -0.05) is 28.8 Å². The standard InChI is InChI=1S/C16H19Br2NO2/c1-11(20)9-13-5-3-2-4-8-19(13)16(21)14-10-12(17)6-7-15(14)18/h6-7,10,13H,2-5,8-9H2,1H3. The number of rotatable bonds is 3. The van der Waals surface area contributed by atoms with Crippen LogP contribution in [0.5, 0.6) is 0 Å². The summed E-state index contributed by atoms with van der Waals surface area (Å²) in [4.78, 5) is 26.3. The molecule has 1 amide bonds. The number of likely N-dealkylation sites (tertiary alicyclic amines) is 1. The molecule has 5 heteroatoms. The molecular formula is C16H19Br2NO2. The molecule has 1 unspecified atom stereocenters. The summed E-state index contributed by atoms with van der Waals surface area (Å²) in [7, 11) is 0. The average molecular weight is 417 g/mol. The van der Waals surface area contributed by atoms with E-state index in [-0.39, 0.29) is 17.7 Å². The largest absolute Gasteiger partial charge is 0.335 e. The predicted molar refractivity (Wildman–Crippen MR) is 90.4 cm³/mol. The molecule has 3 nitrogen and oxygen atoms in total. The van der Waals surface area contributed by atoms with Gasteiger partial charge in [0.15, 0.2) is 0 Å². The van der Waals surface area contributed by atoms with E-state index in [1.165, 1.54) is 0 Å². The highest BCUT2D eigenvalue weighted by Crippen LogP contribution is 2.27. The number of carbonyl (C=O) groups is 2. The highest BCUT2D eigenvalue weighted by Gasteiger charge is 2.28. The highest BCUT2D eigenvalue weighted by molar-refractivity contribution is 9.11. The third-order valence-electron chi connectivity index (χ3n) is 3.82. The van der Waals surface area contributed by atoms with E-state index in [4.69, 9.17) is 0 Å². The maximum absolute atomic E-state index is 12.9. The summed E-state index contributed by atoms with van der Waals surface area (Å²) in [6, 6.07) is 5.64. The van der Waals surface area contributed by atoms with Gasteiger partial charge in [-0.25, -0.2) is 0 Å². The molecule has 0 N–H and O–H groups in total.